The summed E-state index contributed by atoms with van der Waals surface area (Å²) in [5.41, 5.74) is -0.180. The van der Waals surface area contributed by atoms with E-state index in [1.54, 1.807) is 6.07 Å². The highest BCUT2D eigenvalue weighted by molar-refractivity contribution is 7.13. The van der Waals surface area contributed by atoms with Crippen LogP contribution in [0.2, 0.25) is 0 Å². The van der Waals surface area contributed by atoms with Crippen LogP contribution in [-0.4, -0.2) is 15.9 Å². The maximum atomic E-state index is 13.5. The van der Waals surface area contributed by atoms with Crippen LogP contribution in [0.3, 0.4) is 0 Å². The number of nitrogens with one attached hydrogen (secondary N) is 2. The average molecular weight is 315 g/mol. The number of aromatic amines is 1. The lowest BCUT2D eigenvalue weighted by Gasteiger charge is -2.06. The third kappa shape index (κ3) is 2.94. The van der Waals surface area contributed by atoms with Crippen molar-refractivity contribution < 1.29 is 9.18 Å². The van der Waals surface area contributed by atoms with Crippen LogP contribution in [0.4, 0.5) is 10.1 Å². The molecule has 0 bridgehead atoms. The fraction of sp³-hybridized carbons (Fsp3) is 0. The number of aromatic nitrogens is 2. The van der Waals surface area contributed by atoms with Crippen LogP contribution in [0.5, 0.6) is 0 Å². The lowest BCUT2D eigenvalue weighted by molar-refractivity contribution is 0.102. The molecule has 0 aliphatic rings. The minimum absolute atomic E-state index is 0.0345. The predicted octanol–water partition coefficient (Wildman–Crippen LogP) is 2.89. The number of para-hydroxylation sites is 1. The monoisotopic (exact) mass is 315 g/mol. The van der Waals surface area contributed by atoms with Gasteiger partial charge in [0, 0.05) is 0 Å². The summed E-state index contributed by atoms with van der Waals surface area (Å²) >= 11 is 1.42. The molecule has 0 unspecified atom stereocenters. The first kappa shape index (κ1) is 14.2. The van der Waals surface area contributed by atoms with Gasteiger partial charge in [0.2, 0.25) is 0 Å². The average Bonchev–Trinajstić information content (AvgIpc) is 3.03. The van der Waals surface area contributed by atoms with Gasteiger partial charge in [-0.1, -0.05) is 18.2 Å². The normalized spacial score (nSPS) is 10.4. The van der Waals surface area contributed by atoms with Gasteiger partial charge in [0.05, 0.1) is 16.3 Å². The number of carbonyl (C=O) groups excluding carboxylic acids is 1. The number of H-pyrrole nitrogens is 1. The van der Waals surface area contributed by atoms with E-state index < -0.39 is 17.4 Å². The summed E-state index contributed by atoms with van der Waals surface area (Å²) in [5.74, 6) is -1.20. The molecule has 3 rings (SSSR count). The summed E-state index contributed by atoms with van der Waals surface area (Å²) in [4.78, 5) is 30.8. The molecule has 110 valence electrons. The van der Waals surface area contributed by atoms with E-state index >= 15 is 0 Å². The smallest absolute Gasteiger partial charge is 0.318 e. The zero-order chi connectivity index (χ0) is 15.5. The van der Waals surface area contributed by atoms with E-state index in [-0.39, 0.29) is 11.4 Å². The number of hydrogen-bond acceptors (Lipinski definition) is 4. The van der Waals surface area contributed by atoms with E-state index in [0.29, 0.717) is 5.69 Å². The van der Waals surface area contributed by atoms with Gasteiger partial charge in [-0.15, -0.1) is 11.3 Å². The topological polar surface area (TPSA) is 74.8 Å². The number of thiophene rings is 1. The van der Waals surface area contributed by atoms with Crippen LogP contribution >= 0.6 is 11.3 Å². The molecular formula is C15H10FN3O2S. The number of anilines is 1. The number of benzene rings is 1. The quantitative estimate of drug-likeness (QED) is 0.780. The molecule has 22 heavy (non-hydrogen) atoms. The highest BCUT2D eigenvalue weighted by Crippen LogP contribution is 2.22. The van der Waals surface area contributed by atoms with E-state index in [1.165, 1.54) is 35.6 Å². The molecule has 1 amide bonds. The SMILES string of the molecule is O=C(Nc1ccccc1F)c1cc(-c2cccs2)[nH]c(=O)n1. The van der Waals surface area contributed by atoms with Gasteiger partial charge >= 0.3 is 5.69 Å². The first-order chi connectivity index (χ1) is 10.6. The molecule has 0 aliphatic heterocycles. The summed E-state index contributed by atoms with van der Waals surface area (Å²) in [5, 5.41) is 4.25. The first-order valence-corrected chi connectivity index (χ1v) is 7.22. The van der Waals surface area contributed by atoms with Crippen molar-refractivity contribution >= 4 is 22.9 Å². The van der Waals surface area contributed by atoms with Crippen molar-refractivity contribution in [1.29, 1.82) is 0 Å². The zero-order valence-corrected chi connectivity index (χ0v) is 12.0. The molecule has 0 radical (unpaired) electrons. The molecule has 2 heterocycles. The second-order valence-electron chi connectivity index (χ2n) is 4.40. The Morgan fingerprint density at radius 2 is 2.05 bits per heavy atom. The van der Waals surface area contributed by atoms with Crippen molar-refractivity contribution in [2.45, 2.75) is 0 Å². The minimum Gasteiger partial charge on any atom is -0.318 e. The van der Waals surface area contributed by atoms with Crippen LogP contribution in [0.1, 0.15) is 10.5 Å². The van der Waals surface area contributed by atoms with Gasteiger partial charge in [-0.2, -0.15) is 4.98 Å². The Balaban J connectivity index is 1.93. The van der Waals surface area contributed by atoms with Crippen LogP contribution < -0.4 is 11.0 Å². The second-order valence-corrected chi connectivity index (χ2v) is 5.34. The second kappa shape index (κ2) is 5.90. The first-order valence-electron chi connectivity index (χ1n) is 6.34. The van der Waals surface area contributed by atoms with Crippen LogP contribution in [0.15, 0.2) is 52.6 Å². The lowest BCUT2D eigenvalue weighted by atomic mass is 10.2. The van der Waals surface area contributed by atoms with Gasteiger partial charge in [-0.25, -0.2) is 9.18 Å². The molecule has 0 spiro atoms. The summed E-state index contributed by atoms with van der Waals surface area (Å²) < 4.78 is 13.5. The fourth-order valence-corrected chi connectivity index (χ4v) is 2.59. The number of rotatable bonds is 3. The number of hydrogen-bond donors (Lipinski definition) is 2. The van der Waals surface area contributed by atoms with Crippen LogP contribution in [0.25, 0.3) is 10.6 Å². The highest BCUT2D eigenvalue weighted by atomic mass is 32.1. The van der Waals surface area contributed by atoms with Crippen molar-refractivity contribution in [3.63, 3.8) is 0 Å². The number of halogens is 1. The number of nitrogens with zero attached hydrogens (tertiary/aromatic N) is 1. The summed E-state index contributed by atoms with van der Waals surface area (Å²) in [6.07, 6.45) is 0. The van der Waals surface area contributed by atoms with Crippen molar-refractivity contribution in [3.05, 3.63) is 69.8 Å². The molecule has 0 saturated heterocycles. The van der Waals surface area contributed by atoms with E-state index in [2.05, 4.69) is 15.3 Å². The molecule has 3 aromatic rings. The Morgan fingerprint density at radius 1 is 1.23 bits per heavy atom. The maximum Gasteiger partial charge on any atom is 0.346 e. The molecular weight excluding hydrogens is 305 g/mol. The van der Waals surface area contributed by atoms with Gasteiger partial charge in [0.1, 0.15) is 11.5 Å². The fourth-order valence-electron chi connectivity index (χ4n) is 1.89. The van der Waals surface area contributed by atoms with E-state index in [4.69, 9.17) is 0 Å². The molecule has 2 N–H and O–H groups in total. The predicted molar refractivity (Wildman–Crippen MR) is 82.5 cm³/mol. The van der Waals surface area contributed by atoms with Crippen LogP contribution in [0, 0.1) is 5.82 Å². The zero-order valence-electron chi connectivity index (χ0n) is 11.2. The van der Waals surface area contributed by atoms with Gasteiger partial charge in [0.15, 0.2) is 0 Å². The highest BCUT2D eigenvalue weighted by Gasteiger charge is 2.13. The molecule has 1 aromatic carbocycles. The molecule has 0 saturated carbocycles. The van der Waals surface area contributed by atoms with Crippen molar-refractivity contribution in [1.82, 2.24) is 9.97 Å². The van der Waals surface area contributed by atoms with E-state index in [1.807, 2.05) is 17.5 Å². The largest absolute Gasteiger partial charge is 0.346 e. The van der Waals surface area contributed by atoms with Gasteiger partial charge < -0.3 is 10.3 Å². The Morgan fingerprint density at radius 3 is 2.77 bits per heavy atom. The molecule has 2 aromatic heterocycles. The Bertz CT molecular complexity index is 874. The van der Waals surface area contributed by atoms with E-state index in [0.717, 1.165) is 4.88 Å². The molecule has 7 heteroatoms. The maximum absolute atomic E-state index is 13.5. The van der Waals surface area contributed by atoms with E-state index in [9.17, 15) is 14.0 Å². The van der Waals surface area contributed by atoms with Crippen molar-refractivity contribution in [2.75, 3.05) is 5.32 Å². The molecule has 5 nitrogen and oxygen atoms in total. The van der Waals surface area contributed by atoms with Crippen molar-refractivity contribution in [2.24, 2.45) is 0 Å². The third-order valence-corrected chi connectivity index (χ3v) is 3.79. The van der Waals surface area contributed by atoms with Gasteiger partial charge in [-0.3, -0.25) is 4.79 Å². The van der Waals surface area contributed by atoms with Crippen LogP contribution in [-0.2, 0) is 0 Å². The molecule has 0 fully saturated rings. The Kier molecular flexibility index (Phi) is 3.80. The molecule has 0 aliphatic carbocycles. The summed E-state index contributed by atoms with van der Waals surface area (Å²) in [6.45, 7) is 0. The Labute approximate surface area is 128 Å². The lowest BCUT2D eigenvalue weighted by Crippen LogP contribution is -2.21. The van der Waals surface area contributed by atoms with Gasteiger partial charge in [0.25, 0.3) is 5.91 Å². The van der Waals surface area contributed by atoms with Gasteiger partial charge in [-0.05, 0) is 29.6 Å². The Hall–Kier alpha value is -2.80. The third-order valence-electron chi connectivity index (χ3n) is 2.89. The van der Waals surface area contributed by atoms with Crippen molar-refractivity contribution in [3.8, 4) is 10.6 Å². The molecule has 0 atom stereocenters. The minimum atomic E-state index is -0.644. The summed E-state index contributed by atoms with van der Waals surface area (Å²) in [7, 11) is 0. The number of amides is 1. The number of carbonyl (C=O) groups is 1. The standard InChI is InChI=1S/C15H10FN3O2S/c16-9-4-1-2-5-10(9)17-14(20)12-8-11(18-15(21)19-12)13-6-3-7-22-13/h1-8H,(H,17,20)(H,18,19,21). The summed E-state index contributed by atoms with van der Waals surface area (Å²) in [6, 6.07) is 10.9.